The van der Waals surface area contributed by atoms with Crippen molar-refractivity contribution in [2.75, 3.05) is 14.2 Å². The zero-order valence-corrected chi connectivity index (χ0v) is 8.57. The summed E-state index contributed by atoms with van der Waals surface area (Å²) in [6, 6.07) is 5.26. The van der Waals surface area contributed by atoms with Crippen LogP contribution in [0.1, 0.15) is 12.5 Å². The van der Waals surface area contributed by atoms with Crippen molar-refractivity contribution >= 4 is 5.76 Å². The van der Waals surface area contributed by atoms with Crippen LogP contribution in [0.5, 0.6) is 11.5 Å². The van der Waals surface area contributed by atoms with Crippen LogP contribution in [0.3, 0.4) is 0 Å². The van der Waals surface area contributed by atoms with Crippen molar-refractivity contribution in [3.8, 4) is 11.5 Å². The summed E-state index contributed by atoms with van der Waals surface area (Å²) >= 11 is 0. The second kappa shape index (κ2) is 4.56. The number of benzene rings is 1. The average Bonchev–Trinajstić information content (AvgIpc) is 2.26. The van der Waals surface area contributed by atoms with Crippen molar-refractivity contribution in [2.24, 2.45) is 0 Å². The van der Waals surface area contributed by atoms with E-state index >= 15 is 0 Å². The summed E-state index contributed by atoms with van der Waals surface area (Å²) in [4.78, 5) is 0. The molecule has 3 heteroatoms. The quantitative estimate of drug-likeness (QED) is 0.752. The zero-order valence-electron chi connectivity index (χ0n) is 8.57. The van der Waals surface area contributed by atoms with Gasteiger partial charge >= 0.3 is 0 Å². The maximum atomic E-state index is 9.48. The number of ether oxygens (including phenoxy) is 2. The fraction of sp³-hybridized carbons (Fsp3) is 0.273. The van der Waals surface area contributed by atoms with Crippen molar-refractivity contribution in [3.05, 3.63) is 29.8 Å². The van der Waals surface area contributed by atoms with Crippen molar-refractivity contribution < 1.29 is 14.6 Å². The molecule has 1 N–H and O–H groups in total. The first kappa shape index (κ1) is 10.4. The summed E-state index contributed by atoms with van der Waals surface area (Å²) in [5.74, 6) is 1.49. The van der Waals surface area contributed by atoms with E-state index in [-0.39, 0.29) is 5.76 Å². The molecule has 1 aromatic rings. The fourth-order valence-corrected chi connectivity index (χ4v) is 1.16. The molecular weight excluding hydrogens is 180 g/mol. The van der Waals surface area contributed by atoms with E-state index in [0.29, 0.717) is 17.1 Å². The van der Waals surface area contributed by atoms with Crippen molar-refractivity contribution in [3.63, 3.8) is 0 Å². The first-order valence-corrected chi connectivity index (χ1v) is 4.30. The maximum absolute atomic E-state index is 9.48. The van der Waals surface area contributed by atoms with E-state index in [1.807, 2.05) is 0 Å². The summed E-state index contributed by atoms with van der Waals surface area (Å²) in [5, 5.41) is 9.48. The van der Waals surface area contributed by atoms with E-state index in [4.69, 9.17) is 9.47 Å². The molecule has 0 aromatic heterocycles. The highest BCUT2D eigenvalue weighted by Crippen LogP contribution is 2.29. The average molecular weight is 194 g/mol. The Morgan fingerprint density at radius 1 is 1.21 bits per heavy atom. The molecule has 0 unspecified atom stereocenters. The number of hydrogen-bond acceptors (Lipinski definition) is 3. The van der Waals surface area contributed by atoms with Crippen LogP contribution in [0.2, 0.25) is 0 Å². The molecule has 0 saturated carbocycles. The lowest BCUT2D eigenvalue weighted by Gasteiger charge is -2.08. The number of aliphatic hydroxyl groups excluding tert-OH is 1. The molecule has 0 amide bonds. The van der Waals surface area contributed by atoms with Gasteiger partial charge in [0.2, 0.25) is 0 Å². The van der Waals surface area contributed by atoms with Gasteiger partial charge in [-0.2, -0.15) is 0 Å². The van der Waals surface area contributed by atoms with E-state index in [1.165, 1.54) is 0 Å². The van der Waals surface area contributed by atoms with Crippen LogP contribution in [-0.4, -0.2) is 19.3 Å². The molecule has 0 aliphatic carbocycles. The lowest BCUT2D eigenvalue weighted by atomic mass is 10.1. The molecule has 0 bridgehead atoms. The van der Waals surface area contributed by atoms with E-state index in [2.05, 4.69) is 0 Å². The van der Waals surface area contributed by atoms with Gasteiger partial charge in [0.25, 0.3) is 0 Å². The minimum Gasteiger partial charge on any atom is -0.508 e. The second-order valence-corrected chi connectivity index (χ2v) is 2.74. The van der Waals surface area contributed by atoms with E-state index < -0.39 is 0 Å². The molecule has 0 heterocycles. The van der Waals surface area contributed by atoms with Gasteiger partial charge < -0.3 is 14.6 Å². The van der Waals surface area contributed by atoms with Gasteiger partial charge in [-0.25, -0.2) is 0 Å². The van der Waals surface area contributed by atoms with E-state index in [9.17, 15) is 5.11 Å². The van der Waals surface area contributed by atoms with E-state index in [1.54, 1.807) is 45.4 Å². The Balaban J connectivity index is 3.14. The molecule has 0 radical (unpaired) electrons. The third-order valence-electron chi connectivity index (χ3n) is 1.95. The van der Waals surface area contributed by atoms with Gasteiger partial charge in [0.05, 0.1) is 14.2 Å². The van der Waals surface area contributed by atoms with Crippen LogP contribution in [0.15, 0.2) is 24.3 Å². The highest BCUT2D eigenvalue weighted by atomic mass is 16.5. The number of hydrogen-bond donors (Lipinski definition) is 1. The largest absolute Gasteiger partial charge is 0.508 e. The maximum Gasteiger partial charge on any atom is 0.161 e. The molecule has 0 aliphatic rings. The van der Waals surface area contributed by atoms with Gasteiger partial charge in [-0.1, -0.05) is 0 Å². The topological polar surface area (TPSA) is 38.7 Å². The molecule has 0 fully saturated rings. The lowest BCUT2D eigenvalue weighted by Crippen LogP contribution is -1.92. The molecular formula is C11H14O3. The van der Waals surface area contributed by atoms with Crippen molar-refractivity contribution in [2.45, 2.75) is 6.92 Å². The summed E-state index contributed by atoms with van der Waals surface area (Å²) in [6.45, 7) is 1.77. The Morgan fingerprint density at radius 2 is 1.86 bits per heavy atom. The zero-order chi connectivity index (χ0) is 10.6. The first-order valence-electron chi connectivity index (χ1n) is 4.30. The molecule has 14 heavy (non-hydrogen) atoms. The summed E-state index contributed by atoms with van der Waals surface area (Å²) < 4.78 is 10.2. The fourth-order valence-electron chi connectivity index (χ4n) is 1.16. The number of allylic oxidation sites excluding steroid dienone is 1. The second-order valence-electron chi connectivity index (χ2n) is 2.74. The SMILES string of the molecule is CC=C(O)c1ccc(OC)c(OC)c1. The monoisotopic (exact) mass is 194 g/mol. The molecule has 3 nitrogen and oxygen atoms in total. The van der Waals surface area contributed by atoms with Gasteiger partial charge in [-0.05, 0) is 31.2 Å². The van der Waals surface area contributed by atoms with Gasteiger partial charge in [0, 0.05) is 5.56 Å². The minimum atomic E-state index is 0.228. The van der Waals surface area contributed by atoms with Gasteiger partial charge in [-0.15, -0.1) is 0 Å². The Morgan fingerprint density at radius 3 is 2.36 bits per heavy atom. The predicted octanol–water partition coefficient (Wildman–Crippen LogP) is 2.62. The summed E-state index contributed by atoms with van der Waals surface area (Å²) in [6.07, 6.45) is 1.63. The van der Waals surface area contributed by atoms with Gasteiger partial charge in [-0.3, -0.25) is 0 Å². The number of aliphatic hydroxyl groups is 1. The summed E-state index contributed by atoms with van der Waals surface area (Å²) in [7, 11) is 3.14. The Labute approximate surface area is 83.6 Å². The molecule has 0 spiro atoms. The third kappa shape index (κ3) is 1.99. The smallest absolute Gasteiger partial charge is 0.161 e. The highest BCUT2D eigenvalue weighted by Gasteiger charge is 2.05. The Kier molecular flexibility index (Phi) is 3.40. The van der Waals surface area contributed by atoms with Crippen molar-refractivity contribution in [1.29, 1.82) is 0 Å². The molecule has 0 aliphatic heterocycles. The standard InChI is InChI=1S/C11H14O3/c1-4-9(12)8-5-6-10(13-2)11(7-8)14-3/h4-7,12H,1-3H3. The van der Waals surface area contributed by atoms with Crippen LogP contribution < -0.4 is 9.47 Å². The van der Waals surface area contributed by atoms with Crippen LogP contribution >= 0.6 is 0 Å². The van der Waals surface area contributed by atoms with Crippen LogP contribution in [0.4, 0.5) is 0 Å². The van der Waals surface area contributed by atoms with Crippen LogP contribution in [0.25, 0.3) is 5.76 Å². The molecule has 76 valence electrons. The van der Waals surface area contributed by atoms with Gasteiger partial charge in [0.15, 0.2) is 11.5 Å². The normalized spacial score (nSPS) is 11.2. The summed E-state index contributed by atoms with van der Waals surface area (Å²) in [5.41, 5.74) is 0.713. The third-order valence-corrected chi connectivity index (χ3v) is 1.95. The Hall–Kier alpha value is -1.64. The highest BCUT2D eigenvalue weighted by molar-refractivity contribution is 5.61. The molecule has 0 atom stereocenters. The molecule has 1 aromatic carbocycles. The molecule has 0 saturated heterocycles. The first-order chi connectivity index (χ1) is 6.72. The number of rotatable bonds is 3. The minimum absolute atomic E-state index is 0.228. The van der Waals surface area contributed by atoms with Gasteiger partial charge in [0.1, 0.15) is 5.76 Å². The molecule has 1 rings (SSSR count). The van der Waals surface area contributed by atoms with Crippen LogP contribution in [0, 0.1) is 0 Å². The van der Waals surface area contributed by atoms with Crippen LogP contribution in [-0.2, 0) is 0 Å². The predicted molar refractivity (Wildman–Crippen MR) is 55.8 cm³/mol. The Bertz CT molecular complexity index is 342. The van der Waals surface area contributed by atoms with E-state index in [0.717, 1.165) is 0 Å². The van der Waals surface area contributed by atoms with Crippen molar-refractivity contribution in [1.82, 2.24) is 0 Å². The lowest BCUT2D eigenvalue weighted by molar-refractivity contribution is 0.354. The number of methoxy groups -OCH3 is 2.